The molecule has 20 heavy (non-hydrogen) atoms. The molecule has 6 heteroatoms. The number of carbonyl (C=O) groups is 1. The van der Waals surface area contributed by atoms with E-state index in [9.17, 15) is 14.3 Å². The van der Waals surface area contributed by atoms with Crippen LogP contribution in [0.3, 0.4) is 0 Å². The predicted octanol–water partition coefficient (Wildman–Crippen LogP) is 1.77. The van der Waals surface area contributed by atoms with Gasteiger partial charge in [-0.15, -0.1) is 0 Å². The number of carbonyl (C=O) groups excluding carboxylic acids is 1. The van der Waals surface area contributed by atoms with Gasteiger partial charge in [0, 0.05) is 25.9 Å². The summed E-state index contributed by atoms with van der Waals surface area (Å²) in [6.45, 7) is 1.48. The maximum atomic E-state index is 13.8. The Bertz CT molecular complexity index is 635. The number of aliphatic hydroxyl groups is 1. The highest BCUT2D eigenvalue weighted by atomic mass is 19.1. The van der Waals surface area contributed by atoms with Crippen LogP contribution >= 0.6 is 0 Å². The van der Waals surface area contributed by atoms with E-state index in [0.29, 0.717) is 5.69 Å². The van der Waals surface area contributed by atoms with E-state index in [1.807, 2.05) is 0 Å². The number of hydrogen-bond donors (Lipinski definition) is 1. The van der Waals surface area contributed by atoms with Crippen molar-refractivity contribution in [3.63, 3.8) is 0 Å². The Balaban J connectivity index is 2.48. The first-order valence-corrected chi connectivity index (χ1v) is 6.16. The van der Waals surface area contributed by atoms with Gasteiger partial charge in [0.2, 0.25) is 0 Å². The first-order chi connectivity index (χ1) is 9.41. The second-order valence-electron chi connectivity index (χ2n) is 4.69. The Hall–Kier alpha value is -2.21. The third kappa shape index (κ3) is 2.55. The standard InChI is InChI=1S/C14H16FN3O2/c1-9(19)13-10(15)5-4-6-12(13)18-8-7-11(16-18)14(20)17(2)3/h4-9,19H,1-3H3/t9-/m0/s1. The number of nitrogens with zero attached hydrogens (tertiary/aromatic N) is 3. The summed E-state index contributed by atoms with van der Waals surface area (Å²) in [5.74, 6) is -0.743. The minimum atomic E-state index is -0.969. The highest BCUT2D eigenvalue weighted by Gasteiger charge is 2.17. The zero-order valence-electron chi connectivity index (χ0n) is 11.5. The number of benzene rings is 1. The first kappa shape index (κ1) is 14.2. The molecule has 0 aliphatic rings. The zero-order valence-corrected chi connectivity index (χ0v) is 11.5. The third-order valence-electron chi connectivity index (χ3n) is 2.91. The molecule has 2 aromatic rings. The summed E-state index contributed by atoms with van der Waals surface area (Å²) < 4.78 is 15.2. The van der Waals surface area contributed by atoms with Crippen LogP contribution < -0.4 is 0 Å². The van der Waals surface area contributed by atoms with E-state index < -0.39 is 11.9 Å². The summed E-state index contributed by atoms with van der Waals surface area (Å²) in [7, 11) is 3.26. The quantitative estimate of drug-likeness (QED) is 0.930. The number of halogens is 1. The van der Waals surface area contributed by atoms with Crippen LogP contribution in [0, 0.1) is 5.82 Å². The molecule has 1 atom stereocenters. The minimum absolute atomic E-state index is 0.152. The van der Waals surface area contributed by atoms with Gasteiger partial charge in [-0.2, -0.15) is 5.10 Å². The van der Waals surface area contributed by atoms with Crippen molar-refractivity contribution >= 4 is 5.91 Å². The van der Waals surface area contributed by atoms with Crippen molar-refractivity contribution < 1.29 is 14.3 Å². The maximum Gasteiger partial charge on any atom is 0.273 e. The summed E-state index contributed by atoms with van der Waals surface area (Å²) in [6.07, 6.45) is 0.598. The Morgan fingerprint density at radius 3 is 2.70 bits per heavy atom. The molecule has 0 aliphatic heterocycles. The molecule has 0 saturated heterocycles. The molecule has 1 heterocycles. The van der Waals surface area contributed by atoms with Gasteiger partial charge in [0.25, 0.3) is 5.91 Å². The van der Waals surface area contributed by atoms with E-state index in [2.05, 4.69) is 5.10 Å². The Morgan fingerprint density at radius 1 is 1.40 bits per heavy atom. The fourth-order valence-electron chi connectivity index (χ4n) is 1.94. The maximum absolute atomic E-state index is 13.8. The van der Waals surface area contributed by atoms with E-state index in [1.54, 1.807) is 32.4 Å². The normalized spacial score (nSPS) is 12.2. The predicted molar refractivity (Wildman–Crippen MR) is 72.2 cm³/mol. The van der Waals surface area contributed by atoms with Gasteiger partial charge < -0.3 is 10.0 Å². The molecule has 0 bridgehead atoms. The zero-order chi connectivity index (χ0) is 14.9. The van der Waals surface area contributed by atoms with Crippen molar-refractivity contribution in [3.8, 4) is 5.69 Å². The molecule has 1 N–H and O–H groups in total. The van der Waals surface area contributed by atoms with Crippen LogP contribution in [0.4, 0.5) is 4.39 Å². The highest BCUT2D eigenvalue weighted by molar-refractivity contribution is 5.91. The van der Waals surface area contributed by atoms with Crippen LogP contribution in [0.2, 0.25) is 0 Å². The van der Waals surface area contributed by atoms with E-state index in [-0.39, 0.29) is 17.2 Å². The van der Waals surface area contributed by atoms with E-state index in [0.717, 1.165) is 0 Å². The lowest BCUT2D eigenvalue weighted by atomic mass is 10.1. The summed E-state index contributed by atoms with van der Waals surface area (Å²) in [5, 5.41) is 13.8. The molecule has 0 fully saturated rings. The lowest BCUT2D eigenvalue weighted by molar-refractivity contribution is 0.0821. The largest absolute Gasteiger partial charge is 0.389 e. The summed E-state index contributed by atoms with van der Waals surface area (Å²) in [6, 6.07) is 6.01. The molecule has 1 aromatic carbocycles. The average Bonchev–Trinajstić information content (AvgIpc) is 2.86. The smallest absolute Gasteiger partial charge is 0.273 e. The van der Waals surface area contributed by atoms with Crippen LogP contribution in [0.1, 0.15) is 29.1 Å². The first-order valence-electron chi connectivity index (χ1n) is 6.16. The molecule has 106 valence electrons. The molecule has 2 rings (SSSR count). The fraction of sp³-hybridized carbons (Fsp3) is 0.286. The molecule has 0 spiro atoms. The molecular weight excluding hydrogens is 261 g/mol. The molecule has 0 saturated carbocycles. The topological polar surface area (TPSA) is 58.4 Å². The van der Waals surface area contributed by atoms with Gasteiger partial charge in [0.1, 0.15) is 5.82 Å². The molecule has 1 amide bonds. The lowest BCUT2D eigenvalue weighted by Gasteiger charge is -2.13. The van der Waals surface area contributed by atoms with Gasteiger partial charge in [-0.1, -0.05) is 6.07 Å². The van der Waals surface area contributed by atoms with Gasteiger partial charge >= 0.3 is 0 Å². The highest BCUT2D eigenvalue weighted by Crippen LogP contribution is 2.24. The van der Waals surface area contributed by atoms with Crippen LogP contribution in [-0.4, -0.2) is 39.8 Å². The van der Waals surface area contributed by atoms with Gasteiger partial charge in [-0.05, 0) is 25.1 Å². The minimum Gasteiger partial charge on any atom is -0.389 e. The van der Waals surface area contributed by atoms with Crippen molar-refractivity contribution in [2.75, 3.05) is 14.1 Å². The summed E-state index contributed by atoms with van der Waals surface area (Å²) in [4.78, 5) is 13.2. The monoisotopic (exact) mass is 277 g/mol. The summed E-state index contributed by atoms with van der Waals surface area (Å²) in [5.41, 5.74) is 0.827. The van der Waals surface area contributed by atoms with Crippen molar-refractivity contribution in [2.24, 2.45) is 0 Å². The van der Waals surface area contributed by atoms with E-state index in [4.69, 9.17) is 0 Å². The second-order valence-corrected chi connectivity index (χ2v) is 4.69. The van der Waals surface area contributed by atoms with Crippen LogP contribution in [-0.2, 0) is 0 Å². The Labute approximate surface area is 116 Å². The Morgan fingerprint density at radius 2 is 2.10 bits per heavy atom. The second kappa shape index (κ2) is 5.42. The number of rotatable bonds is 3. The third-order valence-corrected chi connectivity index (χ3v) is 2.91. The van der Waals surface area contributed by atoms with Gasteiger partial charge in [-0.3, -0.25) is 4.79 Å². The summed E-state index contributed by atoms with van der Waals surface area (Å²) >= 11 is 0. The molecule has 1 aromatic heterocycles. The van der Waals surface area contributed by atoms with Gasteiger partial charge in [0.15, 0.2) is 5.69 Å². The molecule has 0 unspecified atom stereocenters. The van der Waals surface area contributed by atoms with Crippen LogP contribution in [0.15, 0.2) is 30.5 Å². The van der Waals surface area contributed by atoms with Gasteiger partial charge in [0.05, 0.1) is 11.8 Å². The van der Waals surface area contributed by atoms with Crippen molar-refractivity contribution in [2.45, 2.75) is 13.0 Å². The Kier molecular flexibility index (Phi) is 3.85. The van der Waals surface area contributed by atoms with Crippen molar-refractivity contribution in [1.29, 1.82) is 0 Å². The lowest BCUT2D eigenvalue weighted by Crippen LogP contribution is -2.22. The molecule has 5 nitrogen and oxygen atoms in total. The van der Waals surface area contributed by atoms with Gasteiger partial charge in [-0.25, -0.2) is 9.07 Å². The van der Waals surface area contributed by atoms with E-state index >= 15 is 0 Å². The van der Waals surface area contributed by atoms with Crippen LogP contribution in [0.5, 0.6) is 0 Å². The van der Waals surface area contributed by atoms with Crippen LogP contribution in [0.25, 0.3) is 5.69 Å². The molecule has 0 aliphatic carbocycles. The number of aliphatic hydroxyl groups excluding tert-OH is 1. The molecule has 0 radical (unpaired) electrons. The van der Waals surface area contributed by atoms with Crippen molar-refractivity contribution in [1.82, 2.24) is 14.7 Å². The van der Waals surface area contributed by atoms with E-state index in [1.165, 1.54) is 28.6 Å². The van der Waals surface area contributed by atoms with Crippen molar-refractivity contribution in [3.05, 3.63) is 47.5 Å². The number of hydrogen-bond acceptors (Lipinski definition) is 3. The number of aromatic nitrogens is 2. The average molecular weight is 277 g/mol. The molecular formula is C14H16FN3O2. The fourth-order valence-corrected chi connectivity index (χ4v) is 1.94. The number of amides is 1. The SMILES string of the molecule is C[C@H](O)c1c(F)cccc1-n1ccc(C(=O)N(C)C)n1.